The molecule has 0 saturated carbocycles. The minimum atomic E-state index is 0. The third kappa shape index (κ3) is 50.3. The first kappa shape index (κ1) is 78.7. The van der Waals surface area contributed by atoms with E-state index in [1.165, 1.54) is 323 Å². The molecule has 0 unspecified atom stereocenters. The Hall–Kier alpha value is 1.32. The highest BCUT2D eigenvalue weighted by molar-refractivity contribution is 4.55. The molecule has 0 aliphatic rings. The standard InChI is InChI=1S/3C20H44N.3BrH/c3*1-5-9-13-17-21(18-14-10-6-2,19-15-11-7-3)20-16-12-8-4;;;/h3*5-20H2,1-4H3;3*1H/q3*+1;;;/p-3. The lowest BCUT2D eigenvalue weighted by molar-refractivity contribution is -0.929. The van der Waals surface area contributed by atoms with Gasteiger partial charge in [-0.2, -0.15) is 0 Å². The van der Waals surface area contributed by atoms with Crippen LogP contribution in [0.2, 0.25) is 0 Å². The molecule has 66 heavy (non-hydrogen) atoms. The van der Waals surface area contributed by atoms with Crippen molar-refractivity contribution in [2.75, 3.05) is 78.5 Å². The molecule has 0 N–H and O–H groups in total. The van der Waals surface area contributed by atoms with E-state index in [1.807, 2.05) is 0 Å². The van der Waals surface area contributed by atoms with Crippen LogP contribution >= 0.6 is 0 Å². The predicted octanol–water partition coefficient (Wildman–Crippen LogP) is 10.7. The van der Waals surface area contributed by atoms with Gasteiger partial charge in [0.05, 0.1) is 78.5 Å². The van der Waals surface area contributed by atoms with Crippen LogP contribution in [-0.2, 0) is 0 Å². The minimum absolute atomic E-state index is 0. The Morgan fingerprint density at radius 3 is 0.273 bits per heavy atom. The number of unbranched alkanes of at least 4 members (excludes halogenated alkanes) is 24. The molecular weight excluding hydrogens is 1000 g/mol. The summed E-state index contributed by atoms with van der Waals surface area (Å²) in [4.78, 5) is 0. The lowest BCUT2D eigenvalue weighted by Gasteiger charge is -2.39. The van der Waals surface area contributed by atoms with E-state index in [9.17, 15) is 0 Å². The first-order valence-electron chi connectivity index (χ1n) is 30.3. The van der Waals surface area contributed by atoms with E-state index in [0.29, 0.717) is 0 Å². The van der Waals surface area contributed by atoms with Crippen molar-refractivity contribution >= 4 is 0 Å². The van der Waals surface area contributed by atoms with Gasteiger partial charge in [-0.25, -0.2) is 0 Å². The third-order valence-corrected chi connectivity index (χ3v) is 14.8. The smallest absolute Gasteiger partial charge is 0.0786 e. The van der Waals surface area contributed by atoms with Gasteiger partial charge in [-0.15, -0.1) is 0 Å². The summed E-state index contributed by atoms with van der Waals surface area (Å²) in [5, 5.41) is 0. The van der Waals surface area contributed by atoms with Crippen molar-refractivity contribution in [1.82, 2.24) is 0 Å². The van der Waals surface area contributed by atoms with Gasteiger partial charge < -0.3 is 64.4 Å². The van der Waals surface area contributed by atoms with E-state index < -0.39 is 0 Å². The minimum Gasteiger partial charge on any atom is -1.00 e. The fraction of sp³-hybridized carbons (Fsp3) is 1.00. The van der Waals surface area contributed by atoms with E-state index in [2.05, 4.69) is 83.1 Å². The summed E-state index contributed by atoms with van der Waals surface area (Å²) < 4.78 is 4.33. The van der Waals surface area contributed by atoms with Gasteiger partial charge in [0.1, 0.15) is 0 Å². The molecule has 0 saturated heterocycles. The number of nitrogens with zero attached hydrogens (tertiary/aromatic N) is 3. The van der Waals surface area contributed by atoms with Crippen LogP contribution in [0.4, 0.5) is 0 Å². The maximum absolute atomic E-state index is 2.33. The van der Waals surface area contributed by atoms with Gasteiger partial charge in [-0.1, -0.05) is 160 Å². The van der Waals surface area contributed by atoms with Crippen molar-refractivity contribution < 1.29 is 64.4 Å². The van der Waals surface area contributed by atoms with Crippen molar-refractivity contribution in [3.05, 3.63) is 0 Å². The summed E-state index contributed by atoms with van der Waals surface area (Å²) in [6.45, 7) is 45.4. The highest BCUT2D eigenvalue weighted by atomic mass is 79.9. The highest BCUT2D eigenvalue weighted by Gasteiger charge is 2.27. The summed E-state index contributed by atoms with van der Waals surface area (Å²) in [7, 11) is 0. The molecule has 0 aliphatic heterocycles. The summed E-state index contributed by atoms with van der Waals surface area (Å²) in [5.41, 5.74) is 0. The molecule has 0 heterocycles. The van der Waals surface area contributed by atoms with Crippen LogP contribution in [0.3, 0.4) is 0 Å². The van der Waals surface area contributed by atoms with Crippen molar-refractivity contribution in [3.8, 4) is 0 Å². The average molecular weight is 1140 g/mol. The number of hydrogen-bond acceptors (Lipinski definition) is 0. The van der Waals surface area contributed by atoms with Crippen LogP contribution in [0.1, 0.15) is 314 Å². The van der Waals surface area contributed by atoms with E-state index in [-0.39, 0.29) is 50.9 Å². The molecule has 408 valence electrons. The van der Waals surface area contributed by atoms with Crippen LogP contribution in [0.25, 0.3) is 0 Å². The Balaban J connectivity index is -0.000000200. The van der Waals surface area contributed by atoms with Crippen LogP contribution in [0.5, 0.6) is 0 Å². The van der Waals surface area contributed by atoms with E-state index in [4.69, 9.17) is 0 Å². The SMILES string of the molecule is CCCCC[N+](CCCCC)(CCCCC)CCCCC.CCCCC[N+](CCCCC)(CCCCC)CCCCC.CCCCC[N+](CCCCC)(CCCCC)CCCCC.[Br-].[Br-].[Br-]. The normalized spacial score (nSPS) is 11.5. The molecule has 6 heteroatoms. The lowest BCUT2D eigenvalue weighted by atomic mass is 10.1. The van der Waals surface area contributed by atoms with Gasteiger partial charge in [0.15, 0.2) is 0 Å². The lowest BCUT2D eigenvalue weighted by Crippen LogP contribution is -3.00. The average Bonchev–Trinajstić information content (AvgIpc) is 3.28. The number of halogens is 3. The zero-order chi connectivity index (χ0) is 47.4. The topological polar surface area (TPSA) is 0 Å². The number of hydrogen-bond donors (Lipinski definition) is 0. The van der Waals surface area contributed by atoms with Gasteiger partial charge in [0, 0.05) is 0 Å². The Morgan fingerprint density at radius 2 is 0.212 bits per heavy atom. The van der Waals surface area contributed by atoms with Crippen LogP contribution in [0.15, 0.2) is 0 Å². The summed E-state index contributed by atoms with van der Waals surface area (Å²) in [6, 6.07) is 0. The summed E-state index contributed by atoms with van der Waals surface area (Å²) >= 11 is 0. The number of rotatable bonds is 48. The second-order valence-electron chi connectivity index (χ2n) is 21.2. The molecule has 0 fully saturated rings. The molecule has 0 aromatic carbocycles. The Kier molecular flexibility index (Phi) is 74.5. The zero-order valence-corrected chi connectivity index (χ0v) is 53.2. The van der Waals surface area contributed by atoms with E-state index in [1.54, 1.807) is 0 Å². The van der Waals surface area contributed by atoms with Crippen LogP contribution in [0, 0.1) is 0 Å². The van der Waals surface area contributed by atoms with Crippen molar-refractivity contribution in [2.24, 2.45) is 0 Å². The van der Waals surface area contributed by atoms with Gasteiger partial charge >= 0.3 is 0 Å². The molecule has 0 aromatic heterocycles. The molecule has 0 aromatic rings. The van der Waals surface area contributed by atoms with Gasteiger partial charge in [0.25, 0.3) is 0 Å². The predicted molar refractivity (Wildman–Crippen MR) is 293 cm³/mol. The Bertz CT molecular complexity index is 586. The fourth-order valence-corrected chi connectivity index (χ4v) is 10.4. The molecule has 0 bridgehead atoms. The Labute approximate surface area is 454 Å². The monoisotopic (exact) mass is 1130 g/mol. The maximum atomic E-state index is 2.33. The second-order valence-corrected chi connectivity index (χ2v) is 21.2. The second kappa shape index (κ2) is 62.4. The largest absolute Gasteiger partial charge is 1.00 e. The van der Waals surface area contributed by atoms with E-state index >= 15 is 0 Å². The third-order valence-electron chi connectivity index (χ3n) is 14.8. The molecular formula is C60H132Br3N3. The van der Waals surface area contributed by atoms with Crippen LogP contribution in [-0.4, -0.2) is 92.0 Å². The Morgan fingerprint density at radius 1 is 0.136 bits per heavy atom. The van der Waals surface area contributed by atoms with Crippen LogP contribution < -0.4 is 50.9 Å². The van der Waals surface area contributed by atoms with Crippen molar-refractivity contribution in [2.45, 2.75) is 314 Å². The van der Waals surface area contributed by atoms with Gasteiger partial charge in [-0.3, -0.25) is 0 Å². The molecule has 0 aliphatic carbocycles. The quantitative estimate of drug-likeness (QED) is 0.0421. The number of quaternary nitrogens is 3. The highest BCUT2D eigenvalue weighted by Crippen LogP contribution is 2.21. The van der Waals surface area contributed by atoms with Gasteiger partial charge in [0.2, 0.25) is 0 Å². The molecule has 0 radical (unpaired) electrons. The molecule has 0 spiro atoms. The maximum Gasteiger partial charge on any atom is 0.0786 e. The van der Waals surface area contributed by atoms with E-state index in [0.717, 1.165) is 0 Å². The van der Waals surface area contributed by atoms with Crippen molar-refractivity contribution in [3.63, 3.8) is 0 Å². The van der Waals surface area contributed by atoms with Gasteiger partial charge in [-0.05, 0) is 154 Å². The fourth-order valence-electron chi connectivity index (χ4n) is 10.4. The summed E-state index contributed by atoms with van der Waals surface area (Å²) in [5.74, 6) is 0. The first-order valence-corrected chi connectivity index (χ1v) is 30.3. The molecule has 3 nitrogen and oxygen atoms in total. The van der Waals surface area contributed by atoms with Crippen molar-refractivity contribution in [1.29, 1.82) is 0 Å². The zero-order valence-electron chi connectivity index (χ0n) is 48.4. The molecule has 0 amide bonds. The first-order chi connectivity index (χ1) is 30.7. The summed E-state index contributed by atoms with van der Waals surface area (Å²) in [6.07, 6.45) is 50.8. The molecule has 0 atom stereocenters. The molecule has 0 rings (SSSR count).